The summed E-state index contributed by atoms with van der Waals surface area (Å²) in [5, 5.41) is 4.79. The summed E-state index contributed by atoms with van der Waals surface area (Å²) in [5.41, 5.74) is 10.7. The van der Waals surface area contributed by atoms with E-state index in [4.69, 9.17) is 14.7 Å². The topological polar surface area (TPSA) is 46.4 Å². The SMILES string of the molecule is Cc1cc(C(C)(C)C)cc(C)c1N1CN(c2cc(Oc3ccc4c5ccccc5n(-c5cc(C(C)(C)C)ccn5)c4c3)cc3sc4ccccc4c23)c2ncccc21. The van der Waals surface area contributed by atoms with Crippen LogP contribution in [0.4, 0.5) is 22.9 Å². The summed E-state index contributed by atoms with van der Waals surface area (Å²) in [7, 11) is 0. The lowest BCUT2D eigenvalue weighted by Gasteiger charge is -2.28. The minimum atomic E-state index is -0.00931. The zero-order chi connectivity index (χ0) is 40.1. The van der Waals surface area contributed by atoms with Gasteiger partial charge in [0.05, 0.1) is 22.4 Å². The smallest absolute Gasteiger partial charge is 0.158 e. The molecule has 0 atom stereocenters. The molecule has 9 aromatic rings. The van der Waals surface area contributed by atoms with Crippen LogP contribution in [0.2, 0.25) is 0 Å². The zero-order valence-electron chi connectivity index (χ0n) is 34.4. The van der Waals surface area contributed by atoms with Crippen LogP contribution in [-0.2, 0) is 10.8 Å². The van der Waals surface area contributed by atoms with Crippen LogP contribution < -0.4 is 14.5 Å². The Balaban J connectivity index is 1.11. The van der Waals surface area contributed by atoms with E-state index in [0.717, 1.165) is 50.9 Å². The Morgan fingerprint density at radius 3 is 2.07 bits per heavy atom. The number of aromatic nitrogens is 3. The van der Waals surface area contributed by atoms with Gasteiger partial charge in [0.2, 0.25) is 0 Å². The zero-order valence-corrected chi connectivity index (χ0v) is 35.2. The minimum Gasteiger partial charge on any atom is -0.457 e. The number of pyridine rings is 2. The van der Waals surface area contributed by atoms with Crippen LogP contribution in [0.15, 0.2) is 128 Å². The predicted molar refractivity (Wildman–Crippen MR) is 245 cm³/mol. The van der Waals surface area contributed by atoms with Crippen LogP contribution in [-0.4, -0.2) is 21.2 Å². The number of rotatable bonds is 5. The fourth-order valence-electron chi connectivity index (χ4n) is 8.77. The summed E-state index contributed by atoms with van der Waals surface area (Å²) in [6, 6.07) is 41.4. The Kier molecular flexibility index (Phi) is 8.22. The summed E-state index contributed by atoms with van der Waals surface area (Å²) in [4.78, 5) is 14.8. The van der Waals surface area contributed by atoms with Crippen molar-refractivity contribution >= 4 is 76.2 Å². The highest BCUT2D eigenvalue weighted by molar-refractivity contribution is 7.26. The molecule has 0 fully saturated rings. The summed E-state index contributed by atoms with van der Waals surface area (Å²) in [6.07, 6.45) is 3.83. The number of hydrogen-bond acceptors (Lipinski definition) is 6. The fourth-order valence-corrected chi connectivity index (χ4v) is 9.93. The average Bonchev–Trinajstić information content (AvgIpc) is 3.86. The Hall–Kier alpha value is -6.18. The van der Waals surface area contributed by atoms with E-state index < -0.39 is 0 Å². The molecule has 10 rings (SSSR count). The molecule has 288 valence electrons. The summed E-state index contributed by atoms with van der Waals surface area (Å²) < 4.78 is 11.6. The first-order chi connectivity index (χ1) is 27.8. The maximum Gasteiger partial charge on any atom is 0.158 e. The van der Waals surface area contributed by atoms with Crippen molar-refractivity contribution in [3.8, 4) is 17.3 Å². The largest absolute Gasteiger partial charge is 0.457 e. The second-order valence-electron chi connectivity index (χ2n) is 17.8. The first kappa shape index (κ1) is 36.2. The highest BCUT2D eigenvalue weighted by Gasteiger charge is 2.33. The van der Waals surface area contributed by atoms with Crippen molar-refractivity contribution < 1.29 is 4.74 Å². The summed E-state index contributed by atoms with van der Waals surface area (Å²) in [5.74, 6) is 3.38. The van der Waals surface area contributed by atoms with Gasteiger partial charge in [-0.15, -0.1) is 11.3 Å². The molecule has 0 saturated carbocycles. The number of thiophene rings is 1. The predicted octanol–water partition coefficient (Wildman–Crippen LogP) is 14.2. The van der Waals surface area contributed by atoms with Crippen molar-refractivity contribution in [2.24, 2.45) is 0 Å². The number of nitrogens with zero attached hydrogens (tertiary/aromatic N) is 5. The molecule has 0 unspecified atom stereocenters. The van der Waals surface area contributed by atoms with E-state index in [0.29, 0.717) is 6.67 Å². The Morgan fingerprint density at radius 1 is 0.569 bits per heavy atom. The Labute approximate surface area is 344 Å². The lowest BCUT2D eigenvalue weighted by molar-refractivity contribution is 0.484. The van der Waals surface area contributed by atoms with Gasteiger partial charge >= 0.3 is 0 Å². The van der Waals surface area contributed by atoms with Gasteiger partial charge in [-0.1, -0.05) is 90.1 Å². The molecule has 1 aliphatic heterocycles. The molecule has 0 aliphatic carbocycles. The molecule has 0 spiro atoms. The molecular weight excluding hydrogens is 731 g/mol. The minimum absolute atomic E-state index is 0.00931. The molecule has 5 aromatic carbocycles. The number of fused-ring (bicyclic) bond motifs is 7. The van der Waals surface area contributed by atoms with Gasteiger partial charge in [0.15, 0.2) is 5.82 Å². The van der Waals surface area contributed by atoms with E-state index in [-0.39, 0.29) is 10.8 Å². The molecule has 1 aliphatic rings. The van der Waals surface area contributed by atoms with Crippen LogP contribution in [0.1, 0.15) is 63.8 Å². The third-order valence-corrected chi connectivity index (χ3v) is 12.8. The molecule has 0 saturated heterocycles. The van der Waals surface area contributed by atoms with E-state index in [9.17, 15) is 0 Å². The molecule has 58 heavy (non-hydrogen) atoms. The number of hydrogen-bond donors (Lipinski definition) is 0. The number of aryl methyl sites for hydroxylation is 2. The highest BCUT2D eigenvalue weighted by Crippen LogP contribution is 2.50. The fraction of sp³-hybridized carbons (Fsp3) is 0.216. The van der Waals surface area contributed by atoms with E-state index in [2.05, 4.69) is 179 Å². The molecule has 0 bridgehead atoms. The van der Waals surface area contributed by atoms with Gasteiger partial charge < -0.3 is 14.5 Å². The lowest BCUT2D eigenvalue weighted by Crippen LogP contribution is -2.26. The normalized spacial score (nSPS) is 13.4. The molecule has 0 N–H and O–H groups in total. The molecule has 0 radical (unpaired) electrons. The van der Waals surface area contributed by atoms with Gasteiger partial charge in [0.1, 0.15) is 24.0 Å². The van der Waals surface area contributed by atoms with E-state index in [1.54, 1.807) is 11.3 Å². The van der Waals surface area contributed by atoms with E-state index in [1.165, 1.54) is 53.5 Å². The third-order valence-electron chi connectivity index (χ3n) is 11.7. The average molecular weight is 778 g/mol. The Bertz CT molecular complexity index is 3060. The van der Waals surface area contributed by atoms with Gasteiger partial charge in [-0.05, 0) is 102 Å². The number of ether oxygens (including phenoxy) is 1. The van der Waals surface area contributed by atoms with Gasteiger partial charge in [-0.2, -0.15) is 0 Å². The van der Waals surface area contributed by atoms with Crippen molar-refractivity contribution in [2.75, 3.05) is 16.5 Å². The van der Waals surface area contributed by atoms with Gasteiger partial charge in [-0.3, -0.25) is 4.57 Å². The van der Waals surface area contributed by atoms with Crippen LogP contribution in [0.5, 0.6) is 11.5 Å². The second kappa shape index (κ2) is 13.2. The molecule has 0 amide bonds. The van der Waals surface area contributed by atoms with Gasteiger partial charge in [0, 0.05) is 61.2 Å². The highest BCUT2D eigenvalue weighted by atomic mass is 32.1. The number of benzene rings is 5. The lowest BCUT2D eigenvalue weighted by atomic mass is 9.84. The quantitative estimate of drug-likeness (QED) is 0.174. The van der Waals surface area contributed by atoms with Gasteiger partial charge in [0.25, 0.3) is 0 Å². The maximum absolute atomic E-state index is 6.95. The van der Waals surface area contributed by atoms with Crippen LogP contribution >= 0.6 is 11.3 Å². The standard InChI is InChI=1S/C51H47N5OS/c1-31-24-34(51(6,7)8)25-32(2)48(31)54-30-55(49-41(54)17-13-22-53-49)43-28-36(29-45-47(43)39-15-10-12-18-44(39)58-45)57-35-19-20-38-37-14-9-11-16-40(37)56(42(38)27-35)46-26-33(21-23-52-46)50(3,4)5/h9-29H,30H2,1-8H3. The van der Waals surface area contributed by atoms with Crippen LogP contribution in [0, 0.1) is 13.8 Å². The van der Waals surface area contributed by atoms with Crippen molar-refractivity contribution in [1.29, 1.82) is 0 Å². The van der Waals surface area contributed by atoms with Crippen molar-refractivity contribution in [3.05, 3.63) is 150 Å². The van der Waals surface area contributed by atoms with Crippen LogP contribution in [0.3, 0.4) is 0 Å². The molecule has 7 heteroatoms. The third kappa shape index (κ3) is 5.90. The molecule has 6 nitrogen and oxygen atoms in total. The molecule has 4 aromatic heterocycles. The maximum atomic E-state index is 6.95. The number of para-hydroxylation sites is 1. The Morgan fingerprint density at radius 2 is 1.29 bits per heavy atom. The monoisotopic (exact) mass is 777 g/mol. The second-order valence-corrected chi connectivity index (χ2v) is 18.8. The van der Waals surface area contributed by atoms with Crippen LogP contribution in [0.25, 0.3) is 47.8 Å². The first-order valence-electron chi connectivity index (χ1n) is 20.1. The van der Waals surface area contributed by atoms with Crippen molar-refractivity contribution in [3.63, 3.8) is 0 Å². The van der Waals surface area contributed by atoms with E-state index >= 15 is 0 Å². The van der Waals surface area contributed by atoms with Gasteiger partial charge in [-0.25, -0.2) is 9.97 Å². The van der Waals surface area contributed by atoms with E-state index in [1.807, 2.05) is 18.5 Å². The molecule has 5 heterocycles. The number of anilines is 4. The summed E-state index contributed by atoms with van der Waals surface area (Å²) >= 11 is 1.80. The first-order valence-corrected chi connectivity index (χ1v) is 20.9. The summed E-state index contributed by atoms with van der Waals surface area (Å²) in [6.45, 7) is 18.7. The van der Waals surface area contributed by atoms with Crippen molar-refractivity contribution in [1.82, 2.24) is 14.5 Å². The van der Waals surface area contributed by atoms with Crippen molar-refractivity contribution in [2.45, 2.75) is 66.2 Å². The molecular formula is C51H47N5OS.